The topological polar surface area (TPSA) is 24.5 Å². The molecule has 3 nitrogen and oxygen atoms in total. The van der Waals surface area contributed by atoms with Crippen molar-refractivity contribution in [3.63, 3.8) is 0 Å². The molecule has 0 rings (SSSR count). The second-order valence-corrected chi connectivity index (χ2v) is 4.30. The average Bonchev–Trinajstić information content (AvgIpc) is 2.24. The third-order valence-corrected chi connectivity index (χ3v) is 2.84. The Morgan fingerprint density at radius 3 is 2.47 bits per heavy atom. The van der Waals surface area contributed by atoms with Crippen molar-refractivity contribution < 1.29 is 4.74 Å². The lowest BCUT2D eigenvalue weighted by Crippen LogP contribution is -2.44. The van der Waals surface area contributed by atoms with Crippen molar-refractivity contribution in [2.45, 2.75) is 45.7 Å². The van der Waals surface area contributed by atoms with E-state index in [1.165, 1.54) is 12.8 Å². The van der Waals surface area contributed by atoms with Gasteiger partial charge < -0.3 is 10.1 Å². The van der Waals surface area contributed by atoms with Gasteiger partial charge >= 0.3 is 0 Å². The molecule has 0 amide bonds. The van der Waals surface area contributed by atoms with Crippen molar-refractivity contribution >= 4 is 0 Å². The van der Waals surface area contributed by atoms with Gasteiger partial charge in [-0.1, -0.05) is 13.8 Å². The highest BCUT2D eigenvalue weighted by Gasteiger charge is 2.13. The lowest BCUT2D eigenvalue weighted by atomic mass is 10.2. The zero-order chi connectivity index (χ0) is 11.7. The molecule has 0 bridgehead atoms. The Balaban J connectivity index is 3.83. The maximum absolute atomic E-state index is 5.16. The fraction of sp³-hybridized carbons (Fsp3) is 1.00. The zero-order valence-electron chi connectivity index (χ0n) is 11.0. The van der Waals surface area contributed by atoms with Crippen LogP contribution in [0.4, 0.5) is 0 Å². The van der Waals surface area contributed by atoms with Gasteiger partial charge in [0, 0.05) is 25.7 Å². The predicted molar refractivity (Wildman–Crippen MR) is 66.3 cm³/mol. The van der Waals surface area contributed by atoms with Gasteiger partial charge in [0.2, 0.25) is 0 Å². The van der Waals surface area contributed by atoms with E-state index in [2.05, 4.69) is 38.0 Å². The summed E-state index contributed by atoms with van der Waals surface area (Å²) in [5, 5.41) is 3.56. The third kappa shape index (κ3) is 6.88. The number of methoxy groups -OCH3 is 1. The lowest BCUT2D eigenvalue weighted by molar-refractivity contribution is 0.109. The van der Waals surface area contributed by atoms with Gasteiger partial charge in [-0.2, -0.15) is 0 Å². The summed E-state index contributed by atoms with van der Waals surface area (Å²) in [5.74, 6) is 0. The fourth-order valence-corrected chi connectivity index (χ4v) is 1.58. The number of likely N-dealkylation sites (N-methyl/N-ethyl adjacent to an activating group) is 1. The normalized spacial score (nSPS) is 15.6. The molecule has 0 aliphatic heterocycles. The third-order valence-electron chi connectivity index (χ3n) is 2.84. The highest BCUT2D eigenvalue weighted by molar-refractivity contribution is 4.72. The minimum atomic E-state index is 0.493. The molecule has 92 valence electrons. The van der Waals surface area contributed by atoms with Crippen LogP contribution in [-0.2, 0) is 4.74 Å². The van der Waals surface area contributed by atoms with E-state index in [0.29, 0.717) is 12.1 Å². The molecular weight excluding hydrogens is 188 g/mol. The molecule has 0 aromatic heterocycles. The van der Waals surface area contributed by atoms with Gasteiger partial charge in [-0.05, 0) is 33.4 Å². The van der Waals surface area contributed by atoms with E-state index in [9.17, 15) is 0 Å². The van der Waals surface area contributed by atoms with Crippen LogP contribution in [0.2, 0.25) is 0 Å². The van der Waals surface area contributed by atoms with Gasteiger partial charge in [-0.25, -0.2) is 0 Å². The Morgan fingerprint density at radius 1 is 1.33 bits per heavy atom. The number of nitrogens with zero attached hydrogens (tertiary/aromatic N) is 1. The maximum Gasteiger partial charge on any atom is 0.0615 e. The molecule has 0 saturated carbocycles. The number of rotatable bonds is 9. The first-order chi connectivity index (χ1) is 7.15. The molecule has 2 atom stereocenters. The molecular formula is C12H28N2O. The zero-order valence-corrected chi connectivity index (χ0v) is 11.0. The Morgan fingerprint density at radius 2 is 2.00 bits per heavy atom. The van der Waals surface area contributed by atoms with Crippen LogP contribution in [0.15, 0.2) is 0 Å². The first kappa shape index (κ1) is 14.9. The molecule has 2 unspecified atom stereocenters. The second kappa shape index (κ2) is 9.13. The quantitative estimate of drug-likeness (QED) is 0.635. The molecule has 0 aliphatic rings. The molecule has 0 aromatic carbocycles. The first-order valence-corrected chi connectivity index (χ1v) is 6.08. The Kier molecular flexibility index (Phi) is 9.06. The maximum atomic E-state index is 5.16. The molecule has 0 heterocycles. The summed E-state index contributed by atoms with van der Waals surface area (Å²) in [7, 11) is 3.93. The van der Waals surface area contributed by atoms with Gasteiger partial charge in [0.1, 0.15) is 0 Å². The summed E-state index contributed by atoms with van der Waals surface area (Å²) in [6, 6.07) is 1.10. The van der Waals surface area contributed by atoms with Gasteiger partial charge in [0.05, 0.1) is 6.61 Å². The smallest absolute Gasteiger partial charge is 0.0615 e. The van der Waals surface area contributed by atoms with E-state index in [4.69, 9.17) is 4.74 Å². The predicted octanol–water partition coefficient (Wildman–Crippen LogP) is 1.73. The van der Waals surface area contributed by atoms with Crippen LogP contribution in [0.1, 0.15) is 33.6 Å². The summed E-state index contributed by atoms with van der Waals surface area (Å²) >= 11 is 0. The summed E-state index contributed by atoms with van der Waals surface area (Å²) < 4.78 is 5.16. The summed E-state index contributed by atoms with van der Waals surface area (Å²) in [4.78, 5) is 2.36. The standard InChI is InChI=1S/C12H28N2O/c1-6-8-13-12(7-2)9-14(4)11(3)10-15-5/h11-13H,6-10H2,1-5H3. The minimum Gasteiger partial charge on any atom is -0.383 e. The van der Waals surface area contributed by atoms with Crippen LogP contribution in [0.5, 0.6) is 0 Å². The molecule has 0 spiro atoms. The van der Waals surface area contributed by atoms with Crippen LogP contribution in [0.25, 0.3) is 0 Å². The highest BCUT2D eigenvalue weighted by atomic mass is 16.5. The van der Waals surface area contributed by atoms with Crippen molar-refractivity contribution in [3.8, 4) is 0 Å². The number of hydrogen-bond donors (Lipinski definition) is 1. The van der Waals surface area contributed by atoms with Gasteiger partial charge in [0.15, 0.2) is 0 Å². The molecule has 3 heteroatoms. The van der Waals surface area contributed by atoms with Crippen molar-refractivity contribution in [1.29, 1.82) is 0 Å². The van der Waals surface area contributed by atoms with Crippen LogP contribution in [0, 0.1) is 0 Å². The SMILES string of the molecule is CCCNC(CC)CN(C)C(C)COC. The van der Waals surface area contributed by atoms with E-state index in [1.54, 1.807) is 7.11 Å². The van der Waals surface area contributed by atoms with Crippen LogP contribution < -0.4 is 5.32 Å². The van der Waals surface area contributed by atoms with E-state index >= 15 is 0 Å². The van der Waals surface area contributed by atoms with Gasteiger partial charge in [-0.15, -0.1) is 0 Å². The van der Waals surface area contributed by atoms with E-state index in [-0.39, 0.29) is 0 Å². The highest BCUT2D eigenvalue weighted by Crippen LogP contribution is 2.00. The van der Waals surface area contributed by atoms with Crippen LogP contribution in [0.3, 0.4) is 0 Å². The second-order valence-electron chi connectivity index (χ2n) is 4.30. The Labute approximate surface area is 95.2 Å². The van der Waals surface area contributed by atoms with Crippen molar-refractivity contribution in [3.05, 3.63) is 0 Å². The van der Waals surface area contributed by atoms with Crippen LogP contribution >= 0.6 is 0 Å². The molecule has 0 aliphatic carbocycles. The van der Waals surface area contributed by atoms with Gasteiger partial charge in [-0.3, -0.25) is 4.90 Å². The molecule has 1 N–H and O–H groups in total. The van der Waals surface area contributed by atoms with E-state index < -0.39 is 0 Å². The molecule has 0 radical (unpaired) electrons. The van der Waals surface area contributed by atoms with Crippen LogP contribution in [-0.4, -0.2) is 50.8 Å². The van der Waals surface area contributed by atoms with E-state index in [0.717, 1.165) is 19.7 Å². The lowest BCUT2D eigenvalue weighted by Gasteiger charge is -2.28. The Bertz CT molecular complexity index is 142. The monoisotopic (exact) mass is 216 g/mol. The van der Waals surface area contributed by atoms with Gasteiger partial charge in [0.25, 0.3) is 0 Å². The average molecular weight is 216 g/mol. The Hall–Kier alpha value is -0.120. The number of nitrogens with one attached hydrogen (secondary N) is 1. The summed E-state index contributed by atoms with van der Waals surface area (Å²) in [6.07, 6.45) is 2.39. The fourth-order valence-electron chi connectivity index (χ4n) is 1.58. The van der Waals surface area contributed by atoms with E-state index in [1.807, 2.05) is 0 Å². The molecule has 15 heavy (non-hydrogen) atoms. The van der Waals surface area contributed by atoms with Crippen molar-refractivity contribution in [1.82, 2.24) is 10.2 Å². The first-order valence-electron chi connectivity index (χ1n) is 6.08. The molecule has 0 fully saturated rings. The molecule has 0 saturated heterocycles. The number of hydrogen-bond acceptors (Lipinski definition) is 3. The summed E-state index contributed by atoms with van der Waals surface area (Å²) in [6.45, 7) is 9.67. The number of ether oxygens (including phenoxy) is 1. The largest absolute Gasteiger partial charge is 0.383 e. The summed E-state index contributed by atoms with van der Waals surface area (Å²) in [5.41, 5.74) is 0. The van der Waals surface area contributed by atoms with Crippen molar-refractivity contribution in [2.75, 3.05) is 33.9 Å². The van der Waals surface area contributed by atoms with Crippen molar-refractivity contribution in [2.24, 2.45) is 0 Å². The minimum absolute atomic E-state index is 0.493. The molecule has 0 aromatic rings.